The van der Waals surface area contributed by atoms with Gasteiger partial charge in [0.2, 0.25) is 0 Å². The van der Waals surface area contributed by atoms with E-state index in [1.807, 2.05) is 57.2 Å². The highest BCUT2D eigenvalue weighted by Gasteiger charge is 2.03. The molecular formula is C19H23N3. The van der Waals surface area contributed by atoms with Gasteiger partial charge in [-0.2, -0.15) is 0 Å². The third kappa shape index (κ3) is 5.37. The predicted molar refractivity (Wildman–Crippen MR) is 96.4 cm³/mol. The fourth-order valence-corrected chi connectivity index (χ4v) is 1.68. The lowest BCUT2D eigenvalue weighted by atomic mass is 10.1. The molecule has 1 N–H and O–H groups in total. The number of aromatic nitrogens is 2. The molecule has 0 fully saturated rings. The van der Waals surface area contributed by atoms with E-state index in [4.69, 9.17) is 0 Å². The van der Waals surface area contributed by atoms with E-state index >= 15 is 0 Å². The molecule has 3 heteroatoms. The third-order valence-electron chi connectivity index (χ3n) is 3.02. The van der Waals surface area contributed by atoms with E-state index in [9.17, 15) is 0 Å². The topological polar surface area (TPSA) is 37.8 Å². The second kappa shape index (κ2) is 9.29. The number of rotatable bonds is 7. The first kappa shape index (κ1) is 17.4. The summed E-state index contributed by atoms with van der Waals surface area (Å²) in [7, 11) is 0. The number of anilines is 1. The zero-order chi connectivity index (χ0) is 16.4. The van der Waals surface area contributed by atoms with Crippen LogP contribution in [0.4, 0.5) is 5.82 Å². The number of hydrogen-bond acceptors (Lipinski definition) is 3. The minimum absolute atomic E-state index is 0.734. The molecule has 0 aromatic carbocycles. The van der Waals surface area contributed by atoms with E-state index in [2.05, 4.69) is 28.4 Å². The molecule has 0 amide bonds. The van der Waals surface area contributed by atoms with Crippen molar-refractivity contribution in [2.45, 2.75) is 20.8 Å². The van der Waals surface area contributed by atoms with Crippen molar-refractivity contribution in [3.05, 3.63) is 85.0 Å². The zero-order valence-electron chi connectivity index (χ0n) is 13.5. The van der Waals surface area contributed by atoms with Crippen LogP contribution in [0.15, 0.2) is 79.4 Å². The van der Waals surface area contributed by atoms with Gasteiger partial charge in [-0.05, 0) is 32.4 Å². The molecule has 22 heavy (non-hydrogen) atoms. The zero-order valence-corrected chi connectivity index (χ0v) is 13.5. The molecule has 1 aromatic rings. The Morgan fingerprint density at radius 3 is 2.55 bits per heavy atom. The number of nitrogens with zero attached hydrogens (tertiary/aromatic N) is 2. The van der Waals surface area contributed by atoms with Crippen LogP contribution < -0.4 is 5.32 Å². The molecule has 0 aliphatic rings. The Morgan fingerprint density at radius 2 is 1.95 bits per heavy atom. The first-order chi connectivity index (χ1) is 10.6. The van der Waals surface area contributed by atoms with Gasteiger partial charge in [0.25, 0.3) is 0 Å². The highest BCUT2D eigenvalue weighted by Crippen LogP contribution is 2.18. The van der Waals surface area contributed by atoms with Crippen molar-refractivity contribution in [3.8, 4) is 0 Å². The van der Waals surface area contributed by atoms with Gasteiger partial charge in [0.1, 0.15) is 12.1 Å². The molecule has 0 aliphatic carbocycles. The van der Waals surface area contributed by atoms with E-state index in [1.165, 1.54) is 0 Å². The van der Waals surface area contributed by atoms with Crippen LogP contribution >= 0.6 is 0 Å². The van der Waals surface area contributed by atoms with Gasteiger partial charge in [-0.15, -0.1) is 0 Å². The molecule has 0 radical (unpaired) electrons. The van der Waals surface area contributed by atoms with Gasteiger partial charge < -0.3 is 5.32 Å². The lowest BCUT2D eigenvalue weighted by Gasteiger charge is -2.08. The van der Waals surface area contributed by atoms with Crippen LogP contribution in [0.3, 0.4) is 0 Å². The molecule has 0 unspecified atom stereocenters. The van der Waals surface area contributed by atoms with Crippen molar-refractivity contribution in [2.75, 3.05) is 5.32 Å². The first-order valence-corrected chi connectivity index (χ1v) is 7.16. The largest absolute Gasteiger partial charge is 0.340 e. The fourth-order valence-electron chi connectivity index (χ4n) is 1.68. The SMILES string of the molecule is C=C/C=C\C(=C/C)Nc1cc(/C(C=C)=C/C(C)=C\C)ncn1. The van der Waals surface area contributed by atoms with Crippen LogP contribution in [0.2, 0.25) is 0 Å². The summed E-state index contributed by atoms with van der Waals surface area (Å²) in [5.74, 6) is 0.734. The molecule has 0 atom stereocenters. The maximum absolute atomic E-state index is 4.32. The Labute approximate surface area is 133 Å². The first-order valence-electron chi connectivity index (χ1n) is 7.16. The van der Waals surface area contributed by atoms with Crippen LogP contribution in [0.5, 0.6) is 0 Å². The van der Waals surface area contributed by atoms with Gasteiger partial charge in [0.15, 0.2) is 0 Å². The van der Waals surface area contributed by atoms with Crippen molar-refractivity contribution in [2.24, 2.45) is 0 Å². The van der Waals surface area contributed by atoms with Gasteiger partial charge in [0.05, 0.1) is 5.69 Å². The van der Waals surface area contributed by atoms with Crippen molar-refractivity contribution in [1.29, 1.82) is 0 Å². The molecule has 0 spiro atoms. The van der Waals surface area contributed by atoms with Crippen molar-refractivity contribution in [3.63, 3.8) is 0 Å². The lowest BCUT2D eigenvalue weighted by molar-refractivity contribution is 1.14. The molecule has 0 aliphatic heterocycles. The van der Waals surface area contributed by atoms with Crippen LogP contribution in [0.25, 0.3) is 5.57 Å². The number of allylic oxidation sites excluding steroid dienone is 9. The van der Waals surface area contributed by atoms with Crippen molar-refractivity contribution < 1.29 is 0 Å². The fraction of sp³-hybridized carbons (Fsp3) is 0.158. The van der Waals surface area contributed by atoms with Crippen molar-refractivity contribution in [1.82, 2.24) is 9.97 Å². The smallest absolute Gasteiger partial charge is 0.134 e. The average Bonchev–Trinajstić information content (AvgIpc) is 2.56. The highest BCUT2D eigenvalue weighted by molar-refractivity contribution is 5.74. The standard InChI is InChI=1S/C19H23N3/c1-6-10-11-17(9-4)22-19-13-18(20-14-21-19)16(8-3)12-15(5)7-2/h6-14H,1,3H2,2,4-5H3,(H,20,21,22)/b11-10-,15-7-,16-12+,17-9+. The summed E-state index contributed by atoms with van der Waals surface area (Å²) in [6.07, 6.45) is 14.9. The van der Waals surface area contributed by atoms with Gasteiger partial charge in [-0.1, -0.05) is 55.2 Å². The minimum atomic E-state index is 0.734. The summed E-state index contributed by atoms with van der Waals surface area (Å²) < 4.78 is 0. The molecule has 3 nitrogen and oxygen atoms in total. The predicted octanol–water partition coefficient (Wildman–Crippen LogP) is 5.07. The highest BCUT2D eigenvalue weighted by atomic mass is 15.0. The van der Waals surface area contributed by atoms with Crippen molar-refractivity contribution >= 4 is 11.4 Å². The molecule has 0 saturated heterocycles. The van der Waals surface area contributed by atoms with Crippen LogP contribution in [0.1, 0.15) is 26.5 Å². The molecule has 1 heterocycles. The van der Waals surface area contributed by atoms with E-state index in [1.54, 1.807) is 18.5 Å². The molecular weight excluding hydrogens is 270 g/mol. The summed E-state index contributed by atoms with van der Waals surface area (Å²) in [6.45, 7) is 13.5. The summed E-state index contributed by atoms with van der Waals surface area (Å²) >= 11 is 0. The van der Waals surface area contributed by atoms with Crippen LogP contribution in [-0.2, 0) is 0 Å². The Kier molecular flexibility index (Phi) is 7.34. The van der Waals surface area contributed by atoms with Crippen LogP contribution in [0, 0.1) is 0 Å². The summed E-state index contributed by atoms with van der Waals surface area (Å²) in [5.41, 5.74) is 3.89. The van der Waals surface area contributed by atoms with Gasteiger partial charge in [-0.25, -0.2) is 9.97 Å². The summed E-state index contributed by atoms with van der Waals surface area (Å²) in [6, 6.07) is 1.90. The monoisotopic (exact) mass is 293 g/mol. The quantitative estimate of drug-likeness (QED) is 0.713. The Bertz CT molecular complexity index is 646. The van der Waals surface area contributed by atoms with Crippen LogP contribution in [-0.4, -0.2) is 9.97 Å². The molecule has 1 aromatic heterocycles. The number of hydrogen-bond donors (Lipinski definition) is 1. The van der Waals surface area contributed by atoms with E-state index in [-0.39, 0.29) is 0 Å². The normalized spacial score (nSPS) is 13.3. The summed E-state index contributed by atoms with van der Waals surface area (Å²) in [4.78, 5) is 8.57. The third-order valence-corrected chi connectivity index (χ3v) is 3.02. The van der Waals surface area contributed by atoms with Gasteiger partial charge >= 0.3 is 0 Å². The van der Waals surface area contributed by atoms with E-state index in [0.29, 0.717) is 0 Å². The molecule has 114 valence electrons. The van der Waals surface area contributed by atoms with E-state index in [0.717, 1.165) is 28.4 Å². The number of nitrogens with one attached hydrogen (secondary N) is 1. The minimum Gasteiger partial charge on any atom is -0.340 e. The maximum Gasteiger partial charge on any atom is 0.134 e. The Hall–Kier alpha value is -2.68. The average molecular weight is 293 g/mol. The lowest BCUT2D eigenvalue weighted by Crippen LogP contribution is -2.01. The molecule has 1 rings (SSSR count). The summed E-state index contributed by atoms with van der Waals surface area (Å²) in [5, 5.41) is 3.25. The second-order valence-corrected chi connectivity index (χ2v) is 4.59. The van der Waals surface area contributed by atoms with E-state index < -0.39 is 0 Å². The molecule has 0 bridgehead atoms. The molecule has 0 saturated carbocycles. The Morgan fingerprint density at radius 1 is 1.18 bits per heavy atom. The van der Waals surface area contributed by atoms with Gasteiger partial charge in [-0.3, -0.25) is 0 Å². The maximum atomic E-state index is 4.32. The Balaban J connectivity index is 3.08. The second-order valence-electron chi connectivity index (χ2n) is 4.59. The van der Waals surface area contributed by atoms with Gasteiger partial charge in [0, 0.05) is 11.8 Å².